The number of ether oxygens (including phenoxy) is 2. The maximum absolute atomic E-state index is 5.72. The Balaban J connectivity index is 0.00000210. The van der Waals surface area contributed by atoms with Gasteiger partial charge in [0.2, 0.25) is 0 Å². The molecule has 4 rings (SSSR count). The molecule has 4 unspecified atom stereocenters. The standard InChI is InChI=1S/C21H33N3O2.ClH/c1-2-5-17(6-3-1)21(24-10-13-25-14-11-24)15-23-19-8-4-7-18(19)20-16-26-12-9-22-20;/h1-3,5-6,18-23H,4,7-16H2;1H. The molecule has 0 bridgehead atoms. The Bertz CT molecular complexity index is 535. The summed E-state index contributed by atoms with van der Waals surface area (Å²) in [5, 5.41) is 7.63. The van der Waals surface area contributed by atoms with Crippen LogP contribution in [0.2, 0.25) is 0 Å². The molecule has 3 aliphatic rings. The number of hydrogen-bond donors (Lipinski definition) is 2. The molecular weight excluding hydrogens is 362 g/mol. The summed E-state index contributed by atoms with van der Waals surface area (Å²) in [6, 6.07) is 12.5. The minimum absolute atomic E-state index is 0. The number of benzene rings is 1. The van der Waals surface area contributed by atoms with Gasteiger partial charge < -0.3 is 20.1 Å². The van der Waals surface area contributed by atoms with Crippen molar-refractivity contribution in [2.45, 2.75) is 37.4 Å². The molecule has 0 radical (unpaired) electrons. The van der Waals surface area contributed by atoms with Gasteiger partial charge in [0.25, 0.3) is 0 Å². The summed E-state index contributed by atoms with van der Waals surface area (Å²) in [6.45, 7) is 7.47. The maximum Gasteiger partial charge on any atom is 0.0623 e. The summed E-state index contributed by atoms with van der Waals surface area (Å²) in [5.74, 6) is 0.691. The highest BCUT2D eigenvalue weighted by Gasteiger charge is 2.35. The van der Waals surface area contributed by atoms with Crippen LogP contribution in [0.15, 0.2) is 30.3 Å². The first kappa shape index (κ1) is 21.0. The summed E-state index contributed by atoms with van der Waals surface area (Å²) in [5.41, 5.74) is 1.41. The van der Waals surface area contributed by atoms with E-state index in [1.54, 1.807) is 0 Å². The smallest absolute Gasteiger partial charge is 0.0623 e. The van der Waals surface area contributed by atoms with E-state index in [0.29, 0.717) is 24.0 Å². The van der Waals surface area contributed by atoms with Gasteiger partial charge in [-0.1, -0.05) is 36.8 Å². The van der Waals surface area contributed by atoms with Gasteiger partial charge in [0.1, 0.15) is 0 Å². The zero-order valence-electron chi connectivity index (χ0n) is 16.1. The van der Waals surface area contributed by atoms with E-state index in [-0.39, 0.29) is 12.4 Å². The molecule has 2 heterocycles. The van der Waals surface area contributed by atoms with E-state index in [0.717, 1.165) is 52.6 Å². The van der Waals surface area contributed by atoms with Crippen LogP contribution in [0.3, 0.4) is 0 Å². The molecule has 5 nitrogen and oxygen atoms in total. The lowest BCUT2D eigenvalue weighted by Gasteiger charge is -2.37. The van der Waals surface area contributed by atoms with Crippen LogP contribution in [-0.4, -0.2) is 69.6 Å². The SMILES string of the molecule is Cl.c1ccc(C(CNC2CCCC2C2COCCN2)N2CCOCC2)cc1. The van der Waals surface area contributed by atoms with Crippen LogP contribution in [0.1, 0.15) is 30.9 Å². The second kappa shape index (κ2) is 10.7. The van der Waals surface area contributed by atoms with Crippen molar-refractivity contribution in [1.82, 2.24) is 15.5 Å². The summed E-state index contributed by atoms with van der Waals surface area (Å²) < 4.78 is 11.3. The Morgan fingerprint density at radius 1 is 1.07 bits per heavy atom. The highest BCUT2D eigenvalue weighted by molar-refractivity contribution is 5.85. The van der Waals surface area contributed by atoms with Gasteiger partial charge >= 0.3 is 0 Å². The quantitative estimate of drug-likeness (QED) is 0.773. The van der Waals surface area contributed by atoms with E-state index in [9.17, 15) is 0 Å². The largest absolute Gasteiger partial charge is 0.379 e. The van der Waals surface area contributed by atoms with Crippen molar-refractivity contribution in [2.75, 3.05) is 52.6 Å². The van der Waals surface area contributed by atoms with Crippen LogP contribution >= 0.6 is 12.4 Å². The second-order valence-electron chi connectivity index (χ2n) is 7.82. The van der Waals surface area contributed by atoms with Gasteiger partial charge in [-0.2, -0.15) is 0 Å². The molecule has 1 aromatic carbocycles. The van der Waals surface area contributed by atoms with Gasteiger partial charge in [-0.3, -0.25) is 4.90 Å². The summed E-state index contributed by atoms with van der Waals surface area (Å²) >= 11 is 0. The Labute approximate surface area is 169 Å². The molecule has 4 atom stereocenters. The third-order valence-electron chi connectivity index (χ3n) is 6.28. The average Bonchev–Trinajstić information content (AvgIpc) is 3.19. The summed E-state index contributed by atoms with van der Waals surface area (Å²) in [4.78, 5) is 2.58. The molecule has 1 saturated carbocycles. The molecule has 0 amide bonds. The lowest BCUT2D eigenvalue weighted by molar-refractivity contribution is 0.0144. The Hall–Kier alpha value is -0.690. The lowest BCUT2D eigenvalue weighted by atomic mass is 9.93. The van der Waals surface area contributed by atoms with E-state index in [2.05, 4.69) is 45.9 Å². The van der Waals surface area contributed by atoms with E-state index in [4.69, 9.17) is 9.47 Å². The number of morpholine rings is 2. The lowest BCUT2D eigenvalue weighted by Crippen LogP contribution is -2.52. The van der Waals surface area contributed by atoms with E-state index in [1.165, 1.54) is 24.8 Å². The van der Waals surface area contributed by atoms with Gasteiger partial charge in [-0.05, 0) is 24.3 Å². The van der Waals surface area contributed by atoms with Crippen LogP contribution in [-0.2, 0) is 9.47 Å². The maximum atomic E-state index is 5.72. The van der Waals surface area contributed by atoms with Crippen molar-refractivity contribution < 1.29 is 9.47 Å². The van der Waals surface area contributed by atoms with E-state index in [1.807, 2.05) is 0 Å². The number of hydrogen-bond acceptors (Lipinski definition) is 5. The van der Waals surface area contributed by atoms with Crippen LogP contribution in [0.5, 0.6) is 0 Å². The van der Waals surface area contributed by atoms with Crippen molar-refractivity contribution in [3.8, 4) is 0 Å². The summed E-state index contributed by atoms with van der Waals surface area (Å²) in [6.07, 6.45) is 3.92. The first-order valence-electron chi connectivity index (χ1n) is 10.3. The minimum Gasteiger partial charge on any atom is -0.379 e. The van der Waals surface area contributed by atoms with Gasteiger partial charge in [0, 0.05) is 44.3 Å². The molecule has 3 fully saturated rings. The van der Waals surface area contributed by atoms with Gasteiger partial charge in [-0.15, -0.1) is 12.4 Å². The van der Waals surface area contributed by atoms with Crippen molar-refractivity contribution >= 4 is 12.4 Å². The molecule has 1 aromatic rings. The highest BCUT2D eigenvalue weighted by Crippen LogP contribution is 2.30. The Morgan fingerprint density at radius 2 is 1.89 bits per heavy atom. The predicted octanol–water partition coefficient (Wildman–Crippen LogP) is 2.23. The first-order chi connectivity index (χ1) is 12.9. The summed E-state index contributed by atoms with van der Waals surface area (Å²) in [7, 11) is 0. The minimum atomic E-state index is 0. The van der Waals surface area contributed by atoms with Gasteiger partial charge in [0.15, 0.2) is 0 Å². The van der Waals surface area contributed by atoms with Crippen molar-refractivity contribution in [3.05, 3.63) is 35.9 Å². The third kappa shape index (κ3) is 5.43. The van der Waals surface area contributed by atoms with E-state index >= 15 is 0 Å². The molecule has 2 N–H and O–H groups in total. The average molecular weight is 396 g/mol. The van der Waals surface area contributed by atoms with Crippen LogP contribution in [0.4, 0.5) is 0 Å². The van der Waals surface area contributed by atoms with Gasteiger partial charge in [-0.25, -0.2) is 0 Å². The fourth-order valence-electron chi connectivity index (χ4n) is 4.87. The normalized spacial score (nSPS) is 30.6. The van der Waals surface area contributed by atoms with Crippen LogP contribution in [0, 0.1) is 5.92 Å². The van der Waals surface area contributed by atoms with E-state index < -0.39 is 0 Å². The van der Waals surface area contributed by atoms with Crippen LogP contribution in [0.25, 0.3) is 0 Å². The zero-order chi connectivity index (χ0) is 17.6. The molecule has 0 aromatic heterocycles. The second-order valence-corrected chi connectivity index (χ2v) is 7.82. The molecule has 1 aliphatic carbocycles. The molecule has 152 valence electrons. The van der Waals surface area contributed by atoms with Gasteiger partial charge in [0.05, 0.1) is 26.4 Å². The number of halogens is 1. The van der Waals surface area contributed by atoms with Crippen molar-refractivity contribution in [1.29, 1.82) is 0 Å². The fourth-order valence-corrected chi connectivity index (χ4v) is 4.87. The highest BCUT2D eigenvalue weighted by atomic mass is 35.5. The van der Waals surface area contributed by atoms with Crippen LogP contribution < -0.4 is 10.6 Å². The first-order valence-corrected chi connectivity index (χ1v) is 10.3. The molecule has 2 aliphatic heterocycles. The predicted molar refractivity (Wildman–Crippen MR) is 111 cm³/mol. The molecule has 27 heavy (non-hydrogen) atoms. The number of nitrogens with one attached hydrogen (secondary N) is 2. The van der Waals surface area contributed by atoms with Crippen molar-refractivity contribution in [2.24, 2.45) is 5.92 Å². The third-order valence-corrected chi connectivity index (χ3v) is 6.28. The molecular formula is C21H34ClN3O2. The topological polar surface area (TPSA) is 45.8 Å². The molecule has 6 heteroatoms. The number of rotatable bonds is 6. The van der Waals surface area contributed by atoms with Crippen molar-refractivity contribution in [3.63, 3.8) is 0 Å². The fraction of sp³-hybridized carbons (Fsp3) is 0.714. The monoisotopic (exact) mass is 395 g/mol. The number of nitrogens with zero attached hydrogens (tertiary/aromatic N) is 1. The Morgan fingerprint density at radius 3 is 2.63 bits per heavy atom. The molecule has 2 saturated heterocycles. The molecule has 0 spiro atoms. The zero-order valence-corrected chi connectivity index (χ0v) is 17.0. The Kier molecular flexibility index (Phi) is 8.37.